The number of esters is 1. The molecule has 3 rings (SSSR count). The number of hydrogen-bond acceptors (Lipinski definition) is 4. The second-order valence-corrected chi connectivity index (χ2v) is 8.29. The summed E-state index contributed by atoms with van der Waals surface area (Å²) in [5.74, 6) is -0.279. The van der Waals surface area contributed by atoms with Gasteiger partial charge in [-0.05, 0) is 71.6 Å². The summed E-state index contributed by atoms with van der Waals surface area (Å²) < 4.78 is 11.4. The molecule has 0 aromatic rings. The molecule has 0 radical (unpaired) electrons. The van der Waals surface area contributed by atoms with Gasteiger partial charge in [0.05, 0.1) is 17.3 Å². The fourth-order valence-corrected chi connectivity index (χ4v) is 4.06. The van der Waals surface area contributed by atoms with Gasteiger partial charge in [0.25, 0.3) is 0 Å². The monoisotopic (exact) mass is 334 g/mol. The molecule has 2 saturated heterocycles. The summed E-state index contributed by atoms with van der Waals surface area (Å²) in [6.45, 7) is 10.0. The smallest absolute Gasteiger partial charge is 0.334 e. The van der Waals surface area contributed by atoms with Crippen molar-refractivity contribution in [1.29, 1.82) is 0 Å². The van der Waals surface area contributed by atoms with Crippen LogP contribution in [0.15, 0.2) is 23.8 Å². The number of allylic oxidation sites excluding steroid dienone is 2. The van der Waals surface area contributed by atoms with Gasteiger partial charge in [-0.15, -0.1) is 0 Å². The lowest BCUT2D eigenvalue weighted by molar-refractivity contribution is -0.168. The highest BCUT2D eigenvalue weighted by Gasteiger charge is 2.52. The molecule has 2 aliphatic heterocycles. The molecule has 0 saturated carbocycles. The maximum atomic E-state index is 12.2. The number of carbonyl (C=O) groups is 1. The van der Waals surface area contributed by atoms with Gasteiger partial charge in [-0.1, -0.05) is 18.2 Å². The predicted molar refractivity (Wildman–Crippen MR) is 92.5 cm³/mol. The van der Waals surface area contributed by atoms with E-state index in [4.69, 9.17) is 9.47 Å². The summed E-state index contributed by atoms with van der Waals surface area (Å²) in [7, 11) is 0. The van der Waals surface area contributed by atoms with Gasteiger partial charge in [0.1, 0.15) is 6.10 Å². The van der Waals surface area contributed by atoms with Crippen LogP contribution in [-0.2, 0) is 14.3 Å². The van der Waals surface area contributed by atoms with Gasteiger partial charge >= 0.3 is 5.97 Å². The fraction of sp³-hybridized carbons (Fsp3) is 0.750. The lowest BCUT2D eigenvalue weighted by Gasteiger charge is -2.39. The molecular weight excluding hydrogens is 304 g/mol. The number of fused-ring (bicyclic) bond motifs is 3. The number of epoxide rings is 1. The van der Waals surface area contributed by atoms with E-state index in [1.807, 2.05) is 0 Å². The van der Waals surface area contributed by atoms with E-state index in [1.165, 1.54) is 5.57 Å². The summed E-state index contributed by atoms with van der Waals surface area (Å²) in [6.07, 6.45) is 7.98. The lowest BCUT2D eigenvalue weighted by Crippen LogP contribution is -2.47. The molecule has 2 bridgehead atoms. The Morgan fingerprint density at radius 1 is 1.25 bits per heavy atom. The molecular formula is C20H30O4. The van der Waals surface area contributed by atoms with Crippen LogP contribution in [0.1, 0.15) is 65.7 Å². The molecule has 2 heterocycles. The Balaban J connectivity index is 1.80. The molecule has 1 aliphatic carbocycles. The van der Waals surface area contributed by atoms with Gasteiger partial charge in [-0.2, -0.15) is 0 Å². The SMILES string of the molecule is C=C1C(=O)O[C@@H]2C[C@H]1CC[C@]1(C)O[C@H]1CC/C(C)=C/CC[C@@]2(C)O. The highest BCUT2D eigenvalue weighted by atomic mass is 16.6. The first-order valence-electron chi connectivity index (χ1n) is 9.17. The summed E-state index contributed by atoms with van der Waals surface area (Å²) in [6, 6.07) is 0. The van der Waals surface area contributed by atoms with Gasteiger partial charge in [-0.3, -0.25) is 0 Å². The number of hydrogen-bond donors (Lipinski definition) is 1. The molecule has 5 atom stereocenters. The van der Waals surface area contributed by atoms with Crippen LogP contribution in [0.3, 0.4) is 0 Å². The first-order chi connectivity index (χ1) is 11.2. The first kappa shape index (κ1) is 17.7. The molecule has 0 aromatic heterocycles. The van der Waals surface area contributed by atoms with Crippen LogP contribution in [-0.4, -0.2) is 34.5 Å². The standard InChI is InChI=1S/C20H30O4/c1-13-6-5-10-19(3,22)17-12-15(14(2)18(21)23-17)9-11-20(4)16(24-20)8-7-13/h6,15-17,22H,2,5,7-12H2,1,3-4H3/b13-6+/t15-,16+,17-,19-,20+/m1/s1. The van der Waals surface area contributed by atoms with Crippen molar-refractivity contribution in [3.63, 3.8) is 0 Å². The van der Waals surface area contributed by atoms with Crippen LogP contribution in [0.2, 0.25) is 0 Å². The van der Waals surface area contributed by atoms with E-state index in [2.05, 4.69) is 26.5 Å². The van der Waals surface area contributed by atoms with Crippen LogP contribution < -0.4 is 0 Å². The Bertz CT molecular complexity index is 562. The maximum absolute atomic E-state index is 12.2. The Kier molecular flexibility index (Phi) is 4.65. The third-order valence-electron chi connectivity index (χ3n) is 6.17. The van der Waals surface area contributed by atoms with Crippen molar-refractivity contribution in [3.8, 4) is 0 Å². The van der Waals surface area contributed by atoms with Crippen molar-refractivity contribution in [3.05, 3.63) is 23.8 Å². The third-order valence-corrected chi connectivity index (χ3v) is 6.17. The summed E-state index contributed by atoms with van der Waals surface area (Å²) >= 11 is 0. The number of aliphatic hydroxyl groups is 1. The normalized spacial score (nSPS) is 46.2. The van der Waals surface area contributed by atoms with Crippen molar-refractivity contribution >= 4 is 5.97 Å². The number of ether oxygens (including phenoxy) is 2. The highest BCUT2D eigenvalue weighted by Crippen LogP contribution is 2.46. The molecule has 4 nitrogen and oxygen atoms in total. The molecule has 4 heteroatoms. The second kappa shape index (κ2) is 6.30. The average molecular weight is 334 g/mol. The van der Waals surface area contributed by atoms with Crippen molar-refractivity contribution in [1.82, 2.24) is 0 Å². The molecule has 24 heavy (non-hydrogen) atoms. The zero-order chi connectivity index (χ0) is 17.5. The third kappa shape index (κ3) is 3.60. The van der Waals surface area contributed by atoms with E-state index in [0.29, 0.717) is 24.5 Å². The lowest BCUT2D eigenvalue weighted by atomic mass is 9.79. The number of rotatable bonds is 0. The average Bonchev–Trinajstić information content (AvgIpc) is 3.16. The van der Waals surface area contributed by atoms with Crippen molar-refractivity contribution < 1.29 is 19.4 Å². The molecule has 3 aliphatic rings. The van der Waals surface area contributed by atoms with E-state index in [0.717, 1.165) is 32.1 Å². The van der Waals surface area contributed by atoms with Crippen LogP contribution in [0, 0.1) is 5.92 Å². The minimum Gasteiger partial charge on any atom is -0.456 e. The molecule has 1 N–H and O–H groups in total. The first-order valence-corrected chi connectivity index (χ1v) is 9.17. The van der Waals surface area contributed by atoms with Crippen molar-refractivity contribution in [2.45, 2.75) is 89.1 Å². The Labute approximate surface area is 144 Å². The van der Waals surface area contributed by atoms with Crippen LogP contribution in [0.25, 0.3) is 0 Å². The van der Waals surface area contributed by atoms with Crippen LogP contribution >= 0.6 is 0 Å². The second-order valence-electron chi connectivity index (χ2n) is 8.29. The van der Waals surface area contributed by atoms with E-state index >= 15 is 0 Å². The summed E-state index contributed by atoms with van der Waals surface area (Å²) in [5, 5.41) is 10.8. The van der Waals surface area contributed by atoms with E-state index in [-0.39, 0.29) is 17.5 Å². The van der Waals surface area contributed by atoms with E-state index < -0.39 is 11.7 Å². The molecule has 134 valence electrons. The zero-order valence-corrected chi connectivity index (χ0v) is 15.1. The minimum absolute atomic E-state index is 0.0654. The Morgan fingerprint density at radius 3 is 2.75 bits per heavy atom. The molecule has 0 spiro atoms. The van der Waals surface area contributed by atoms with Crippen molar-refractivity contribution in [2.75, 3.05) is 0 Å². The minimum atomic E-state index is -1.00. The van der Waals surface area contributed by atoms with Gasteiger partial charge in [-0.25, -0.2) is 4.79 Å². The fourth-order valence-electron chi connectivity index (χ4n) is 4.06. The molecule has 0 unspecified atom stereocenters. The summed E-state index contributed by atoms with van der Waals surface area (Å²) in [5.41, 5.74) is 0.820. The van der Waals surface area contributed by atoms with Crippen LogP contribution in [0.4, 0.5) is 0 Å². The molecule has 0 aromatic carbocycles. The van der Waals surface area contributed by atoms with Gasteiger partial charge < -0.3 is 14.6 Å². The predicted octanol–water partition coefficient (Wildman–Crippen LogP) is 3.68. The molecule has 2 fully saturated rings. The quantitative estimate of drug-likeness (QED) is 0.318. The van der Waals surface area contributed by atoms with Crippen LogP contribution in [0.5, 0.6) is 0 Å². The van der Waals surface area contributed by atoms with Gasteiger partial charge in [0.15, 0.2) is 0 Å². The number of carbonyl (C=O) groups excluding carboxylic acids is 1. The molecule has 0 amide bonds. The highest BCUT2D eigenvalue weighted by molar-refractivity contribution is 5.89. The van der Waals surface area contributed by atoms with Gasteiger partial charge in [0, 0.05) is 5.57 Å². The van der Waals surface area contributed by atoms with Crippen molar-refractivity contribution in [2.24, 2.45) is 5.92 Å². The Hall–Kier alpha value is -1.13. The van der Waals surface area contributed by atoms with E-state index in [9.17, 15) is 9.90 Å². The maximum Gasteiger partial charge on any atom is 0.334 e. The Morgan fingerprint density at radius 2 is 2.00 bits per heavy atom. The zero-order valence-electron chi connectivity index (χ0n) is 15.1. The largest absolute Gasteiger partial charge is 0.456 e. The van der Waals surface area contributed by atoms with Gasteiger partial charge in [0.2, 0.25) is 0 Å². The summed E-state index contributed by atoms with van der Waals surface area (Å²) in [4.78, 5) is 12.2. The van der Waals surface area contributed by atoms with E-state index in [1.54, 1.807) is 6.92 Å². The topological polar surface area (TPSA) is 59.1 Å².